The topological polar surface area (TPSA) is 117 Å². The van der Waals surface area contributed by atoms with Gasteiger partial charge in [-0.05, 0) is 53.8 Å². The number of H-pyrrole nitrogens is 1. The van der Waals surface area contributed by atoms with Crippen molar-refractivity contribution in [3.05, 3.63) is 108 Å². The fourth-order valence-electron chi connectivity index (χ4n) is 4.45. The Morgan fingerprint density at radius 3 is 2.30 bits per heavy atom. The lowest BCUT2D eigenvalue weighted by Gasteiger charge is -2.19. The highest BCUT2D eigenvalue weighted by Gasteiger charge is 2.22. The molecule has 0 saturated heterocycles. The number of nitrogens with zero attached hydrogens (tertiary/aromatic N) is 2. The third-order valence-corrected chi connectivity index (χ3v) is 8.03. The van der Waals surface area contributed by atoms with E-state index < -0.39 is 10.0 Å². The van der Waals surface area contributed by atoms with Crippen LogP contribution >= 0.6 is 0 Å². The summed E-state index contributed by atoms with van der Waals surface area (Å²) in [5, 5.41) is 3.63. The average Bonchev–Trinajstić information content (AvgIpc) is 3.31. The summed E-state index contributed by atoms with van der Waals surface area (Å²) in [5.74, 6) is -0.307. The summed E-state index contributed by atoms with van der Waals surface area (Å²) in [6, 6.07) is 21.6. The molecule has 0 radical (unpaired) electrons. The van der Waals surface area contributed by atoms with E-state index in [0.717, 1.165) is 22.2 Å². The van der Waals surface area contributed by atoms with E-state index in [1.165, 1.54) is 0 Å². The Morgan fingerprint density at radius 1 is 0.925 bits per heavy atom. The number of hydrogen-bond donors (Lipinski definition) is 3. The van der Waals surface area contributed by atoms with Gasteiger partial charge < -0.3 is 10.3 Å². The van der Waals surface area contributed by atoms with E-state index >= 15 is 0 Å². The Hall–Kier alpha value is -4.50. The molecule has 0 atom stereocenters. The lowest BCUT2D eigenvalue weighted by molar-refractivity contribution is 0.0947. The van der Waals surface area contributed by atoms with Crippen molar-refractivity contribution in [3.8, 4) is 11.1 Å². The SMILES string of the molecule is Cc1cnc(CNC(=O)c2[nH]c3ccc(NS(=O)(=O)c4ccc(C(C)(C)C)cc4)cc3c2-c2ccccc2)cn1. The van der Waals surface area contributed by atoms with Crippen LogP contribution in [0.15, 0.2) is 90.1 Å². The molecule has 0 fully saturated rings. The van der Waals surface area contributed by atoms with E-state index in [4.69, 9.17) is 0 Å². The number of nitrogens with one attached hydrogen (secondary N) is 3. The number of amides is 1. The molecule has 9 heteroatoms. The van der Waals surface area contributed by atoms with E-state index in [-0.39, 0.29) is 22.8 Å². The molecule has 2 heterocycles. The molecule has 0 saturated carbocycles. The van der Waals surface area contributed by atoms with Crippen LogP contribution in [-0.2, 0) is 22.0 Å². The number of benzene rings is 3. The highest BCUT2D eigenvalue weighted by Crippen LogP contribution is 2.35. The number of sulfonamides is 1. The van der Waals surface area contributed by atoms with Crippen molar-refractivity contribution in [1.29, 1.82) is 0 Å². The number of hydrogen-bond acceptors (Lipinski definition) is 5. The van der Waals surface area contributed by atoms with Crippen LogP contribution in [-0.4, -0.2) is 29.3 Å². The second kappa shape index (κ2) is 10.6. The molecule has 3 N–H and O–H groups in total. The first-order valence-corrected chi connectivity index (χ1v) is 14.4. The fourth-order valence-corrected chi connectivity index (χ4v) is 5.50. The molecule has 5 aromatic rings. The molecule has 204 valence electrons. The van der Waals surface area contributed by atoms with E-state index in [0.29, 0.717) is 28.2 Å². The molecule has 0 spiro atoms. The van der Waals surface area contributed by atoms with Crippen molar-refractivity contribution < 1.29 is 13.2 Å². The van der Waals surface area contributed by atoms with Crippen LogP contribution in [0.25, 0.3) is 22.0 Å². The normalized spacial score (nSPS) is 11.9. The van der Waals surface area contributed by atoms with Crippen molar-refractivity contribution in [2.75, 3.05) is 4.72 Å². The Morgan fingerprint density at radius 2 is 1.65 bits per heavy atom. The van der Waals surface area contributed by atoms with E-state index in [1.54, 1.807) is 42.7 Å². The summed E-state index contributed by atoms with van der Waals surface area (Å²) in [6.45, 7) is 8.31. The number of aromatic nitrogens is 3. The molecule has 1 amide bonds. The average molecular weight is 554 g/mol. The first kappa shape index (κ1) is 27.1. The molecule has 0 aliphatic carbocycles. The van der Waals surface area contributed by atoms with Gasteiger partial charge in [0.2, 0.25) is 0 Å². The molecule has 2 aromatic heterocycles. The maximum Gasteiger partial charge on any atom is 0.268 e. The molecule has 40 heavy (non-hydrogen) atoms. The lowest BCUT2D eigenvalue weighted by Crippen LogP contribution is -2.24. The zero-order valence-electron chi connectivity index (χ0n) is 22.8. The summed E-state index contributed by atoms with van der Waals surface area (Å²) in [6.07, 6.45) is 3.29. The largest absolute Gasteiger partial charge is 0.350 e. The van der Waals surface area contributed by atoms with Crippen LogP contribution in [0.2, 0.25) is 0 Å². The van der Waals surface area contributed by atoms with Gasteiger partial charge in [0.25, 0.3) is 15.9 Å². The standard InChI is InChI=1S/C31H31N5O3S/c1-20-17-33-24(18-32-20)19-34-30(37)29-28(21-8-6-5-7-9-21)26-16-23(12-15-27(26)35-29)36-40(38,39)25-13-10-22(11-14-25)31(2,3)4/h5-18,35-36H,19H2,1-4H3,(H,34,37). The molecule has 3 aromatic carbocycles. The van der Waals surface area contributed by atoms with E-state index in [1.807, 2.05) is 49.4 Å². The summed E-state index contributed by atoms with van der Waals surface area (Å²) in [4.78, 5) is 25.3. The lowest BCUT2D eigenvalue weighted by atomic mass is 9.87. The maximum absolute atomic E-state index is 13.3. The van der Waals surface area contributed by atoms with Gasteiger partial charge in [0.05, 0.1) is 29.0 Å². The minimum absolute atomic E-state index is 0.0829. The highest BCUT2D eigenvalue weighted by molar-refractivity contribution is 7.92. The van der Waals surface area contributed by atoms with Crippen LogP contribution in [0.4, 0.5) is 5.69 Å². The number of aryl methyl sites for hydroxylation is 1. The number of aromatic amines is 1. The predicted molar refractivity (Wildman–Crippen MR) is 158 cm³/mol. The molecule has 0 aliphatic rings. The van der Waals surface area contributed by atoms with Gasteiger partial charge in [0.1, 0.15) is 5.69 Å². The summed E-state index contributed by atoms with van der Waals surface area (Å²) < 4.78 is 29.1. The first-order chi connectivity index (χ1) is 19.0. The van der Waals surface area contributed by atoms with Gasteiger partial charge in [-0.3, -0.25) is 19.5 Å². The van der Waals surface area contributed by atoms with Crippen LogP contribution in [0.3, 0.4) is 0 Å². The molecule has 0 unspecified atom stereocenters. The monoisotopic (exact) mass is 553 g/mol. The molecular weight excluding hydrogens is 522 g/mol. The smallest absolute Gasteiger partial charge is 0.268 e. The second-order valence-corrected chi connectivity index (χ2v) is 12.4. The minimum Gasteiger partial charge on any atom is -0.350 e. The van der Waals surface area contributed by atoms with Crippen LogP contribution in [0.1, 0.15) is 48.2 Å². The Balaban J connectivity index is 1.48. The third kappa shape index (κ3) is 5.74. The van der Waals surface area contributed by atoms with Crippen molar-refractivity contribution in [2.24, 2.45) is 0 Å². The third-order valence-electron chi connectivity index (χ3n) is 6.64. The van der Waals surface area contributed by atoms with Crippen LogP contribution in [0, 0.1) is 6.92 Å². The quantitative estimate of drug-likeness (QED) is 0.230. The first-order valence-electron chi connectivity index (χ1n) is 12.9. The number of rotatable bonds is 7. The van der Waals surface area contributed by atoms with Gasteiger partial charge in [0.15, 0.2) is 0 Å². The Bertz CT molecular complexity index is 1770. The molecular formula is C31H31N5O3S. The Labute approximate surface area is 234 Å². The summed E-state index contributed by atoms with van der Waals surface area (Å²) in [7, 11) is -3.83. The molecule has 5 rings (SSSR count). The minimum atomic E-state index is -3.83. The van der Waals surface area contributed by atoms with Gasteiger partial charge in [-0.15, -0.1) is 0 Å². The molecule has 0 bridgehead atoms. The van der Waals surface area contributed by atoms with E-state index in [9.17, 15) is 13.2 Å². The summed E-state index contributed by atoms with van der Waals surface area (Å²) >= 11 is 0. The second-order valence-electron chi connectivity index (χ2n) is 10.7. The van der Waals surface area contributed by atoms with Crippen LogP contribution in [0.5, 0.6) is 0 Å². The van der Waals surface area contributed by atoms with Gasteiger partial charge in [0, 0.05) is 28.4 Å². The van der Waals surface area contributed by atoms with Gasteiger partial charge in [-0.2, -0.15) is 0 Å². The number of anilines is 1. The number of carbonyl (C=O) groups excluding carboxylic acids is 1. The highest BCUT2D eigenvalue weighted by atomic mass is 32.2. The van der Waals surface area contributed by atoms with Crippen LogP contribution < -0.4 is 10.0 Å². The maximum atomic E-state index is 13.3. The van der Waals surface area contributed by atoms with Gasteiger partial charge in [-0.25, -0.2) is 8.42 Å². The summed E-state index contributed by atoms with van der Waals surface area (Å²) in [5.41, 5.74) is 5.38. The molecule has 0 aliphatic heterocycles. The Kier molecular flexibility index (Phi) is 7.16. The van der Waals surface area contributed by atoms with Gasteiger partial charge in [-0.1, -0.05) is 63.2 Å². The van der Waals surface area contributed by atoms with Crippen molar-refractivity contribution in [1.82, 2.24) is 20.3 Å². The molecule has 8 nitrogen and oxygen atoms in total. The van der Waals surface area contributed by atoms with Crippen molar-refractivity contribution >= 4 is 32.5 Å². The van der Waals surface area contributed by atoms with E-state index in [2.05, 4.69) is 45.8 Å². The van der Waals surface area contributed by atoms with Crippen molar-refractivity contribution in [2.45, 2.75) is 44.6 Å². The number of carbonyl (C=O) groups is 1. The zero-order valence-corrected chi connectivity index (χ0v) is 23.6. The fraction of sp³-hybridized carbons (Fsp3) is 0.194. The number of fused-ring (bicyclic) bond motifs is 1. The van der Waals surface area contributed by atoms with Gasteiger partial charge >= 0.3 is 0 Å². The zero-order chi connectivity index (χ0) is 28.5. The van der Waals surface area contributed by atoms with Crippen molar-refractivity contribution in [3.63, 3.8) is 0 Å². The predicted octanol–water partition coefficient (Wildman–Crippen LogP) is 5.96.